The van der Waals surface area contributed by atoms with E-state index in [1.54, 1.807) is 36.7 Å². The fourth-order valence-electron chi connectivity index (χ4n) is 3.40. The number of halogens is 1. The van der Waals surface area contributed by atoms with Crippen LogP contribution in [0.1, 0.15) is 29.9 Å². The summed E-state index contributed by atoms with van der Waals surface area (Å²) in [5.74, 6) is -0.117. The molecule has 29 heavy (non-hydrogen) atoms. The molecule has 0 N–H and O–H groups in total. The molecule has 4 rings (SSSR count). The molecule has 0 radical (unpaired) electrons. The Hall–Kier alpha value is -2.65. The lowest BCUT2D eigenvalue weighted by atomic mass is 9.96. The number of pyridine rings is 1. The molecule has 0 spiro atoms. The van der Waals surface area contributed by atoms with E-state index >= 15 is 4.39 Å². The van der Waals surface area contributed by atoms with Gasteiger partial charge in [0.25, 0.3) is 5.89 Å². The molecular weight excluding hydrogens is 395 g/mol. The molecule has 1 unspecified atom stereocenters. The number of alkyl halides is 1. The third-order valence-electron chi connectivity index (χ3n) is 5.02. The van der Waals surface area contributed by atoms with Gasteiger partial charge in [-0.1, -0.05) is 35.0 Å². The Bertz CT molecular complexity index is 1090. The standard InChI is InChI=1S/C20H21FN4O3S/c1-15-3-5-16(6-4-15)13-29(26,27)25-12-2-9-20(21,14-25)19-23-18(24-28-19)17-7-10-22-11-8-17/h3-8,10-11H,2,9,12-14H2,1H3. The van der Waals surface area contributed by atoms with Crippen molar-refractivity contribution in [2.75, 3.05) is 13.1 Å². The Morgan fingerprint density at radius 3 is 2.62 bits per heavy atom. The number of sulfonamides is 1. The van der Waals surface area contributed by atoms with Crippen molar-refractivity contribution in [2.24, 2.45) is 0 Å². The minimum absolute atomic E-state index is 0.127. The zero-order valence-electron chi connectivity index (χ0n) is 16.0. The predicted molar refractivity (Wildman–Crippen MR) is 105 cm³/mol. The zero-order valence-corrected chi connectivity index (χ0v) is 16.8. The number of hydrogen-bond acceptors (Lipinski definition) is 6. The van der Waals surface area contributed by atoms with Crippen molar-refractivity contribution in [3.63, 3.8) is 0 Å². The molecule has 1 aliphatic heterocycles. The smallest absolute Gasteiger partial charge is 0.266 e. The third kappa shape index (κ3) is 4.20. The van der Waals surface area contributed by atoms with Crippen LogP contribution in [-0.4, -0.2) is 40.9 Å². The zero-order chi connectivity index (χ0) is 20.5. The Balaban J connectivity index is 1.54. The van der Waals surface area contributed by atoms with Crippen LogP contribution in [0, 0.1) is 6.92 Å². The van der Waals surface area contributed by atoms with Crippen molar-refractivity contribution in [2.45, 2.75) is 31.2 Å². The van der Waals surface area contributed by atoms with Crippen molar-refractivity contribution in [1.82, 2.24) is 19.4 Å². The maximum Gasteiger partial charge on any atom is 0.266 e. The fourth-order valence-corrected chi connectivity index (χ4v) is 5.00. The SMILES string of the molecule is Cc1ccc(CS(=O)(=O)N2CCCC(F)(c3nc(-c4ccncc4)no3)C2)cc1. The van der Waals surface area contributed by atoms with Crippen LogP contribution in [0.5, 0.6) is 0 Å². The molecule has 7 nitrogen and oxygen atoms in total. The van der Waals surface area contributed by atoms with Crippen LogP contribution in [0.25, 0.3) is 11.4 Å². The number of hydrogen-bond donors (Lipinski definition) is 0. The van der Waals surface area contributed by atoms with E-state index in [9.17, 15) is 8.42 Å². The first-order valence-corrected chi connectivity index (χ1v) is 10.9. The van der Waals surface area contributed by atoms with E-state index < -0.39 is 15.7 Å². The molecule has 1 aromatic carbocycles. The number of benzene rings is 1. The molecule has 1 aliphatic rings. The normalized spacial score (nSPS) is 20.6. The van der Waals surface area contributed by atoms with Crippen molar-refractivity contribution in [3.05, 3.63) is 65.8 Å². The molecule has 1 atom stereocenters. The average Bonchev–Trinajstić information content (AvgIpc) is 3.22. The highest BCUT2D eigenvalue weighted by atomic mass is 32.2. The minimum atomic E-state index is -3.68. The lowest BCUT2D eigenvalue weighted by Crippen LogP contribution is -2.46. The number of piperidine rings is 1. The van der Waals surface area contributed by atoms with Gasteiger partial charge in [-0.3, -0.25) is 4.98 Å². The molecule has 9 heteroatoms. The van der Waals surface area contributed by atoms with Crippen LogP contribution in [-0.2, 0) is 21.4 Å². The van der Waals surface area contributed by atoms with Crippen LogP contribution in [0.4, 0.5) is 4.39 Å². The van der Waals surface area contributed by atoms with Gasteiger partial charge in [0.2, 0.25) is 21.5 Å². The van der Waals surface area contributed by atoms with E-state index in [0.717, 1.165) is 5.56 Å². The number of nitrogens with zero attached hydrogens (tertiary/aromatic N) is 4. The summed E-state index contributed by atoms with van der Waals surface area (Å²) in [6, 6.07) is 10.7. The monoisotopic (exact) mass is 416 g/mol. The summed E-state index contributed by atoms with van der Waals surface area (Å²) in [7, 11) is -3.68. The topological polar surface area (TPSA) is 89.2 Å². The highest BCUT2D eigenvalue weighted by Crippen LogP contribution is 2.36. The third-order valence-corrected chi connectivity index (χ3v) is 6.82. The van der Waals surface area contributed by atoms with Gasteiger partial charge in [0.15, 0.2) is 0 Å². The summed E-state index contributed by atoms with van der Waals surface area (Å²) in [5.41, 5.74) is 0.353. The quantitative estimate of drug-likeness (QED) is 0.634. The molecule has 1 saturated heterocycles. The van der Waals surface area contributed by atoms with Gasteiger partial charge < -0.3 is 4.52 Å². The van der Waals surface area contributed by atoms with Crippen molar-refractivity contribution in [3.8, 4) is 11.4 Å². The maximum atomic E-state index is 15.7. The van der Waals surface area contributed by atoms with Gasteiger partial charge >= 0.3 is 0 Å². The first-order valence-electron chi connectivity index (χ1n) is 9.33. The maximum absolute atomic E-state index is 15.7. The van der Waals surface area contributed by atoms with E-state index in [4.69, 9.17) is 4.52 Å². The van der Waals surface area contributed by atoms with E-state index in [2.05, 4.69) is 15.1 Å². The molecule has 1 fully saturated rings. The van der Waals surface area contributed by atoms with Crippen molar-refractivity contribution < 1.29 is 17.3 Å². The Morgan fingerprint density at radius 2 is 1.90 bits per heavy atom. The Morgan fingerprint density at radius 1 is 1.17 bits per heavy atom. The van der Waals surface area contributed by atoms with Crippen molar-refractivity contribution >= 4 is 10.0 Å². The largest absolute Gasteiger partial charge is 0.335 e. The van der Waals surface area contributed by atoms with Crippen LogP contribution in [0.15, 0.2) is 53.3 Å². The summed E-state index contributed by atoms with van der Waals surface area (Å²) in [6.45, 7) is 1.87. The van der Waals surface area contributed by atoms with E-state index in [1.165, 1.54) is 4.31 Å². The predicted octanol–water partition coefficient (Wildman–Crippen LogP) is 3.23. The highest BCUT2D eigenvalue weighted by molar-refractivity contribution is 7.88. The van der Waals surface area contributed by atoms with Crippen molar-refractivity contribution in [1.29, 1.82) is 0 Å². The lowest BCUT2D eigenvalue weighted by Gasteiger charge is -2.34. The van der Waals surface area contributed by atoms with Gasteiger partial charge in [-0.15, -0.1) is 0 Å². The van der Waals surface area contributed by atoms with E-state index in [1.807, 2.05) is 19.1 Å². The number of rotatable bonds is 5. The molecule has 2 aromatic heterocycles. The number of aromatic nitrogens is 3. The van der Waals surface area contributed by atoms with Crippen LogP contribution in [0.3, 0.4) is 0 Å². The van der Waals surface area contributed by atoms with E-state index in [0.29, 0.717) is 17.5 Å². The lowest BCUT2D eigenvalue weighted by molar-refractivity contribution is 0.0469. The van der Waals surface area contributed by atoms with Gasteiger partial charge in [0, 0.05) is 24.5 Å². The second-order valence-electron chi connectivity index (χ2n) is 7.30. The fraction of sp³-hybridized carbons (Fsp3) is 0.350. The molecule has 3 heterocycles. The van der Waals surface area contributed by atoms with Gasteiger partial charge in [0.05, 0.1) is 12.3 Å². The summed E-state index contributed by atoms with van der Waals surface area (Å²) >= 11 is 0. The van der Waals surface area contributed by atoms with Crippen LogP contribution < -0.4 is 0 Å². The van der Waals surface area contributed by atoms with Gasteiger partial charge in [0.1, 0.15) is 0 Å². The molecule has 0 bridgehead atoms. The van der Waals surface area contributed by atoms with Gasteiger partial charge in [-0.05, 0) is 37.5 Å². The second kappa shape index (κ2) is 7.64. The summed E-state index contributed by atoms with van der Waals surface area (Å²) in [6.07, 6.45) is 3.66. The molecule has 3 aromatic rings. The molecule has 152 valence electrons. The van der Waals surface area contributed by atoms with Crippen LogP contribution in [0.2, 0.25) is 0 Å². The highest BCUT2D eigenvalue weighted by Gasteiger charge is 2.45. The van der Waals surface area contributed by atoms with Crippen LogP contribution >= 0.6 is 0 Å². The Labute approximate surface area is 168 Å². The number of aryl methyl sites for hydroxylation is 1. The first-order chi connectivity index (χ1) is 13.9. The van der Waals surface area contributed by atoms with E-state index in [-0.39, 0.29) is 37.0 Å². The van der Waals surface area contributed by atoms with Gasteiger partial charge in [-0.2, -0.15) is 9.29 Å². The van der Waals surface area contributed by atoms with Gasteiger partial charge in [-0.25, -0.2) is 12.8 Å². The first kappa shape index (κ1) is 19.7. The summed E-state index contributed by atoms with van der Waals surface area (Å²) in [5, 5.41) is 3.85. The average molecular weight is 416 g/mol. The molecular formula is C20H21FN4O3S. The Kier molecular flexibility index (Phi) is 5.18. The molecule has 0 amide bonds. The summed E-state index contributed by atoms with van der Waals surface area (Å²) < 4.78 is 47.8. The second-order valence-corrected chi connectivity index (χ2v) is 9.27. The molecule has 0 aliphatic carbocycles. The molecule has 0 saturated carbocycles. The minimum Gasteiger partial charge on any atom is -0.335 e. The summed E-state index contributed by atoms with van der Waals surface area (Å²) in [4.78, 5) is 8.11.